The molecule has 4 rings (SSSR count). The molecule has 1 aliphatic rings. The third kappa shape index (κ3) is 3.22. The van der Waals surface area contributed by atoms with Crippen molar-refractivity contribution in [1.29, 1.82) is 0 Å². The lowest BCUT2D eigenvalue weighted by molar-refractivity contribution is 0.0945. The number of hydrogen-bond acceptors (Lipinski definition) is 4. The van der Waals surface area contributed by atoms with Crippen molar-refractivity contribution in [2.24, 2.45) is 0 Å². The third-order valence-electron chi connectivity index (χ3n) is 4.10. The van der Waals surface area contributed by atoms with Gasteiger partial charge in [-0.05, 0) is 37.0 Å². The van der Waals surface area contributed by atoms with Crippen molar-refractivity contribution in [2.75, 3.05) is 6.54 Å². The van der Waals surface area contributed by atoms with Crippen molar-refractivity contribution < 1.29 is 9.32 Å². The van der Waals surface area contributed by atoms with Gasteiger partial charge in [0, 0.05) is 24.7 Å². The summed E-state index contributed by atoms with van der Waals surface area (Å²) in [6.45, 7) is 0.533. The van der Waals surface area contributed by atoms with E-state index in [0.717, 1.165) is 29.9 Å². The number of carbonyl (C=O) groups is 1. The van der Waals surface area contributed by atoms with Gasteiger partial charge in [-0.25, -0.2) is 4.68 Å². The van der Waals surface area contributed by atoms with Gasteiger partial charge in [-0.1, -0.05) is 23.4 Å². The van der Waals surface area contributed by atoms with Gasteiger partial charge in [0.25, 0.3) is 5.91 Å². The first-order valence-corrected chi connectivity index (χ1v) is 8.13. The molecule has 0 aliphatic heterocycles. The fourth-order valence-electron chi connectivity index (χ4n) is 2.58. The molecule has 2 heterocycles. The number of benzene rings is 1. The first-order valence-electron chi connectivity index (χ1n) is 8.13. The molecule has 0 spiro atoms. The topological polar surface area (TPSA) is 73.0 Å². The number of nitrogens with zero attached hydrogens (tertiary/aromatic N) is 3. The third-order valence-corrected chi connectivity index (χ3v) is 4.10. The largest absolute Gasteiger partial charge is 0.360 e. The summed E-state index contributed by atoms with van der Waals surface area (Å²) in [7, 11) is 0. The lowest BCUT2D eigenvalue weighted by atomic mass is 10.2. The van der Waals surface area contributed by atoms with Crippen LogP contribution in [-0.2, 0) is 6.42 Å². The molecule has 24 heavy (non-hydrogen) atoms. The molecule has 1 saturated carbocycles. The first kappa shape index (κ1) is 14.7. The Balaban J connectivity index is 1.30. The molecule has 122 valence electrons. The summed E-state index contributed by atoms with van der Waals surface area (Å²) in [5, 5.41) is 11.1. The highest BCUT2D eigenvalue weighted by molar-refractivity contribution is 5.92. The van der Waals surface area contributed by atoms with Gasteiger partial charge in [-0.3, -0.25) is 4.79 Å². The minimum absolute atomic E-state index is 0.193. The zero-order valence-electron chi connectivity index (χ0n) is 13.2. The number of amides is 1. The van der Waals surface area contributed by atoms with Crippen molar-refractivity contribution in [1.82, 2.24) is 20.3 Å². The average Bonchev–Trinajstić information content (AvgIpc) is 3.16. The van der Waals surface area contributed by atoms with E-state index in [1.807, 2.05) is 47.4 Å². The predicted octanol–water partition coefficient (Wildman–Crippen LogP) is 2.71. The Labute approximate surface area is 139 Å². The molecule has 6 heteroatoms. The van der Waals surface area contributed by atoms with Gasteiger partial charge < -0.3 is 9.84 Å². The second-order valence-corrected chi connectivity index (χ2v) is 6.02. The molecule has 0 atom stereocenters. The molecule has 6 nitrogen and oxygen atoms in total. The molecule has 1 aliphatic carbocycles. The van der Waals surface area contributed by atoms with Gasteiger partial charge in [0.2, 0.25) is 0 Å². The van der Waals surface area contributed by atoms with Crippen LogP contribution in [0.2, 0.25) is 0 Å². The summed E-state index contributed by atoms with van der Waals surface area (Å²) < 4.78 is 7.03. The van der Waals surface area contributed by atoms with E-state index in [1.54, 1.807) is 6.07 Å². The van der Waals surface area contributed by atoms with Crippen LogP contribution in [0.25, 0.3) is 5.69 Å². The van der Waals surface area contributed by atoms with E-state index in [9.17, 15) is 4.79 Å². The fraction of sp³-hybridized carbons (Fsp3) is 0.278. The van der Waals surface area contributed by atoms with Gasteiger partial charge in [-0.15, -0.1) is 0 Å². The van der Waals surface area contributed by atoms with Crippen LogP contribution >= 0.6 is 0 Å². The molecule has 0 saturated heterocycles. The van der Waals surface area contributed by atoms with Crippen molar-refractivity contribution >= 4 is 5.91 Å². The Hall–Kier alpha value is -2.89. The monoisotopic (exact) mass is 322 g/mol. The zero-order chi connectivity index (χ0) is 16.4. The maximum Gasteiger partial charge on any atom is 0.273 e. The van der Waals surface area contributed by atoms with Crippen molar-refractivity contribution in [3.63, 3.8) is 0 Å². The van der Waals surface area contributed by atoms with Gasteiger partial charge in [0.05, 0.1) is 11.9 Å². The Bertz CT molecular complexity index is 834. The standard InChI is InChI=1S/C18H18N4O2/c23-18(16-10-17(24-21-16)14-6-7-14)19-9-8-13-11-20-22(12-13)15-4-2-1-3-5-15/h1-5,10-12,14H,6-9H2,(H,19,23). The summed E-state index contributed by atoms with van der Waals surface area (Å²) in [6, 6.07) is 11.7. The molecule has 1 N–H and O–H groups in total. The van der Waals surface area contributed by atoms with Crippen molar-refractivity contribution in [2.45, 2.75) is 25.2 Å². The molecule has 0 bridgehead atoms. The highest BCUT2D eigenvalue weighted by atomic mass is 16.5. The van der Waals surface area contributed by atoms with Crippen molar-refractivity contribution in [3.05, 3.63) is 65.8 Å². The molecule has 3 aromatic rings. The van der Waals surface area contributed by atoms with Crippen LogP contribution in [0.1, 0.15) is 40.6 Å². The smallest absolute Gasteiger partial charge is 0.273 e. The van der Waals surface area contributed by atoms with Gasteiger partial charge >= 0.3 is 0 Å². The second kappa shape index (κ2) is 6.31. The van der Waals surface area contributed by atoms with E-state index in [-0.39, 0.29) is 5.91 Å². The van der Waals surface area contributed by atoms with Crippen LogP contribution in [0.4, 0.5) is 0 Å². The Morgan fingerprint density at radius 1 is 1.29 bits per heavy atom. The molecule has 1 amide bonds. The number of aromatic nitrogens is 3. The van der Waals surface area contributed by atoms with E-state index in [4.69, 9.17) is 4.52 Å². The summed E-state index contributed by atoms with van der Waals surface area (Å²) in [5.41, 5.74) is 2.44. The highest BCUT2D eigenvalue weighted by Crippen LogP contribution is 2.40. The summed E-state index contributed by atoms with van der Waals surface area (Å²) in [4.78, 5) is 12.1. The molecule has 0 radical (unpaired) electrons. The van der Waals surface area contributed by atoms with E-state index in [1.165, 1.54) is 0 Å². The SMILES string of the molecule is O=C(NCCc1cnn(-c2ccccc2)c1)c1cc(C2CC2)on1. The van der Waals surface area contributed by atoms with Crippen LogP contribution < -0.4 is 5.32 Å². The lowest BCUT2D eigenvalue weighted by Crippen LogP contribution is -2.25. The molecular weight excluding hydrogens is 304 g/mol. The van der Waals surface area contributed by atoms with Crippen LogP contribution in [0, 0.1) is 0 Å². The highest BCUT2D eigenvalue weighted by Gasteiger charge is 2.28. The number of carbonyl (C=O) groups excluding carboxylic acids is 1. The second-order valence-electron chi connectivity index (χ2n) is 6.02. The fourth-order valence-corrected chi connectivity index (χ4v) is 2.58. The lowest BCUT2D eigenvalue weighted by Gasteiger charge is -2.01. The van der Waals surface area contributed by atoms with E-state index in [2.05, 4.69) is 15.6 Å². The maximum atomic E-state index is 12.1. The molecule has 2 aromatic heterocycles. The van der Waals surface area contributed by atoms with E-state index < -0.39 is 0 Å². The summed E-state index contributed by atoms with van der Waals surface area (Å²) in [5.74, 6) is 1.09. The molecule has 0 unspecified atom stereocenters. The Morgan fingerprint density at radius 2 is 2.12 bits per heavy atom. The van der Waals surface area contributed by atoms with E-state index in [0.29, 0.717) is 24.6 Å². The first-order chi connectivity index (χ1) is 11.8. The van der Waals surface area contributed by atoms with Crippen molar-refractivity contribution in [3.8, 4) is 5.69 Å². The number of para-hydroxylation sites is 1. The summed E-state index contributed by atoms with van der Waals surface area (Å²) in [6.07, 6.45) is 6.76. The molecule has 1 aromatic carbocycles. The molecular formula is C18H18N4O2. The van der Waals surface area contributed by atoms with Crippen LogP contribution in [0.5, 0.6) is 0 Å². The van der Waals surface area contributed by atoms with Gasteiger partial charge in [0.1, 0.15) is 5.76 Å². The quantitative estimate of drug-likeness (QED) is 0.757. The van der Waals surface area contributed by atoms with Gasteiger partial charge in [0.15, 0.2) is 5.69 Å². The average molecular weight is 322 g/mol. The minimum atomic E-state index is -0.193. The Kier molecular flexibility index (Phi) is 3.86. The summed E-state index contributed by atoms with van der Waals surface area (Å²) >= 11 is 0. The van der Waals surface area contributed by atoms with Gasteiger partial charge in [-0.2, -0.15) is 5.10 Å². The van der Waals surface area contributed by atoms with Crippen LogP contribution in [-0.4, -0.2) is 27.4 Å². The van der Waals surface area contributed by atoms with E-state index >= 15 is 0 Å². The van der Waals surface area contributed by atoms with Crippen LogP contribution in [0.15, 0.2) is 53.3 Å². The zero-order valence-corrected chi connectivity index (χ0v) is 13.2. The number of rotatable bonds is 6. The predicted molar refractivity (Wildman–Crippen MR) is 88.1 cm³/mol. The van der Waals surface area contributed by atoms with Crippen LogP contribution in [0.3, 0.4) is 0 Å². The molecule has 1 fully saturated rings. The Morgan fingerprint density at radius 3 is 2.92 bits per heavy atom. The maximum absolute atomic E-state index is 12.1. The minimum Gasteiger partial charge on any atom is -0.360 e. The normalized spacial score (nSPS) is 13.8. The number of hydrogen-bond donors (Lipinski definition) is 1. The number of nitrogens with one attached hydrogen (secondary N) is 1.